The number of carbonyl (C=O) groups excluding carboxylic acids is 1. The molecule has 0 amide bonds. The lowest BCUT2D eigenvalue weighted by Gasteiger charge is -2.60. The number of carbonyl (C=O) groups is 1. The van der Waals surface area contributed by atoms with Crippen molar-refractivity contribution in [3.63, 3.8) is 0 Å². The van der Waals surface area contributed by atoms with Gasteiger partial charge in [0.25, 0.3) is 0 Å². The van der Waals surface area contributed by atoms with Crippen LogP contribution in [0.3, 0.4) is 0 Å². The SMILES string of the molecule is CC(C)CCC[C@@H](C)[C@H]1CC[C@H]2[C@@H]3CC[C@H]4CC(=O)CC[C@]4(C)[C@@H]3CC[C@]12C. The first-order valence-corrected chi connectivity index (χ1v) is 12.8. The zero-order valence-corrected chi connectivity index (χ0v) is 19.4. The van der Waals surface area contributed by atoms with Crippen LogP contribution in [0.15, 0.2) is 0 Å². The normalized spacial score (nSPS) is 46.8. The molecule has 1 nitrogen and oxygen atoms in total. The fourth-order valence-electron chi connectivity index (χ4n) is 9.07. The molecule has 0 N–H and O–H groups in total. The molecular formula is C27H46O. The highest BCUT2D eigenvalue weighted by Crippen LogP contribution is 2.68. The first kappa shape index (κ1) is 20.9. The van der Waals surface area contributed by atoms with Gasteiger partial charge in [-0.05, 0) is 97.2 Å². The summed E-state index contributed by atoms with van der Waals surface area (Å²) in [5, 5.41) is 0. The zero-order valence-electron chi connectivity index (χ0n) is 19.4. The number of fused-ring (bicyclic) bond motifs is 5. The van der Waals surface area contributed by atoms with Gasteiger partial charge in [-0.1, -0.05) is 53.9 Å². The van der Waals surface area contributed by atoms with E-state index in [1.807, 2.05) is 0 Å². The summed E-state index contributed by atoms with van der Waals surface area (Å²) in [7, 11) is 0. The Hall–Kier alpha value is -0.330. The second kappa shape index (κ2) is 7.73. The second-order valence-corrected chi connectivity index (χ2v) is 12.4. The molecule has 0 bridgehead atoms. The van der Waals surface area contributed by atoms with Gasteiger partial charge in [0, 0.05) is 12.8 Å². The molecule has 4 rings (SSSR count). The molecule has 0 spiro atoms. The Morgan fingerprint density at radius 2 is 1.64 bits per heavy atom. The van der Waals surface area contributed by atoms with Crippen LogP contribution in [0.4, 0.5) is 0 Å². The van der Waals surface area contributed by atoms with Gasteiger partial charge >= 0.3 is 0 Å². The number of hydrogen-bond acceptors (Lipinski definition) is 1. The first-order valence-electron chi connectivity index (χ1n) is 12.8. The molecule has 160 valence electrons. The largest absolute Gasteiger partial charge is 0.300 e. The summed E-state index contributed by atoms with van der Waals surface area (Å²) < 4.78 is 0. The highest BCUT2D eigenvalue weighted by molar-refractivity contribution is 5.79. The van der Waals surface area contributed by atoms with E-state index in [1.54, 1.807) is 0 Å². The van der Waals surface area contributed by atoms with Crippen LogP contribution in [-0.2, 0) is 4.79 Å². The van der Waals surface area contributed by atoms with Gasteiger partial charge in [0.15, 0.2) is 0 Å². The highest BCUT2D eigenvalue weighted by atomic mass is 16.1. The van der Waals surface area contributed by atoms with Crippen molar-refractivity contribution in [1.82, 2.24) is 0 Å². The summed E-state index contributed by atoms with van der Waals surface area (Å²) in [5.74, 6) is 6.82. The minimum atomic E-state index is 0.471. The summed E-state index contributed by atoms with van der Waals surface area (Å²) >= 11 is 0. The molecule has 0 saturated heterocycles. The predicted octanol–water partition coefficient (Wildman–Crippen LogP) is 7.68. The smallest absolute Gasteiger partial charge is 0.133 e. The van der Waals surface area contributed by atoms with Gasteiger partial charge in [-0.3, -0.25) is 4.79 Å². The number of ketones is 1. The van der Waals surface area contributed by atoms with Crippen LogP contribution >= 0.6 is 0 Å². The Bertz CT molecular complexity index is 579. The maximum atomic E-state index is 12.1. The van der Waals surface area contributed by atoms with Gasteiger partial charge in [-0.15, -0.1) is 0 Å². The maximum Gasteiger partial charge on any atom is 0.133 e. The van der Waals surface area contributed by atoms with E-state index in [1.165, 1.54) is 64.2 Å². The van der Waals surface area contributed by atoms with Gasteiger partial charge in [-0.25, -0.2) is 0 Å². The summed E-state index contributed by atoms with van der Waals surface area (Å²) in [6.45, 7) is 12.6. The molecule has 0 unspecified atom stereocenters. The average molecular weight is 387 g/mol. The molecule has 1 heteroatoms. The lowest BCUT2D eigenvalue weighted by atomic mass is 9.44. The Balaban J connectivity index is 1.47. The molecule has 8 atom stereocenters. The van der Waals surface area contributed by atoms with E-state index < -0.39 is 0 Å². The first-order chi connectivity index (χ1) is 13.3. The van der Waals surface area contributed by atoms with Gasteiger partial charge in [-0.2, -0.15) is 0 Å². The van der Waals surface area contributed by atoms with E-state index in [0.29, 0.717) is 22.5 Å². The van der Waals surface area contributed by atoms with E-state index in [4.69, 9.17) is 0 Å². The van der Waals surface area contributed by atoms with Crippen molar-refractivity contribution in [3.8, 4) is 0 Å². The Morgan fingerprint density at radius 1 is 0.893 bits per heavy atom. The van der Waals surface area contributed by atoms with Crippen LogP contribution < -0.4 is 0 Å². The summed E-state index contributed by atoms with van der Waals surface area (Å²) in [5.41, 5.74) is 1.07. The number of rotatable bonds is 5. The molecule has 4 saturated carbocycles. The van der Waals surface area contributed by atoms with Crippen molar-refractivity contribution in [3.05, 3.63) is 0 Å². The number of Topliss-reactive ketones (excluding diaryl/α,β-unsaturated/α-hetero) is 1. The molecule has 0 aromatic rings. The topological polar surface area (TPSA) is 17.1 Å². The zero-order chi connectivity index (χ0) is 20.1. The van der Waals surface area contributed by atoms with Crippen molar-refractivity contribution < 1.29 is 4.79 Å². The van der Waals surface area contributed by atoms with Crippen LogP contribution in [0.2, 0.25) is 0 Å². The molecule has 28 heavy (non-hydrogen) atoms. The number of hydrogen-bond donors (Lipinski definition) is 0. The fourth-order valence-corrected chi connectivity index (χ4v) is 9.07. The van der Waals surface area contributed by atoms with Crippen molar-refractivity contribution >= 4 is 5.78 Å². The maximum absolute atomic E-state index is 12.1. The quantitative estimate of drug-likeness (QED) is 0.473. The van der Waals surface area contributed by atoms with Crippen molar-refractivity contribution in [2.24, 2.45) is 52.3 Å². The third-order valence-corrected chi connectivity index (χ3v) is 10.7. The van der Waals surface area contributed by atoms with E-state index in [9.17, 15) is 4.79 Å². The van der Waals surface area contributed by atoms with Gasteiger partial charge < -0.3 is 0 Å². The molecule has 4 fully saturated rings. The fraction of sp³-hybridized carbons (Fsp3) is 0.963. The third-order valence-electron chi connectivity index (χ3n) is 10.7. The van der Waals surface area contributed by atoms with E-state index in [0.717, 1.165) is 48.3 Å². The Kier molecular flexibility index (Phi) is 5.78. The summed E-state index contributed by atoms with van der Waals surface area (Å²) in [6, 6.07) is 0. The van der Waals surface area contributed by atoms with E-state index in [-0.39, 0.29) is 0 Å². The molecule has 0 aromatic heterocycles. The van der Waals surface area contributed by atoms with Crippen LogP contribution in [-0.4, -0.2) is 5.78 Å². The van der Waals surface area contributed by atoms with Crippen molar-refractivity contribution in [2.75, 3.05) is 0 Å². The Labute approximate surface area is 174 Å². The lowest BCUT2D eigenvalue weighted by molar-refractivity contribution is -0.140. The van der Waals surface area contributed by atoms with Crippen molar-refractivity contribution in [2.45, 2.75) is 112 Å². The lowest BCUT2D eigenvalue weighted by Crippen LogP contribution is -2.53. The third kappa shape index (κ3) is 3.41. The van der Waals surface area contributed by atoms with Gasteiger partial charge in [0.2, 0.25) is 0 Å². The highest BCUT2D eigenvalue weighted by Gasteiger charge is 2.60. The second-order valence-electron chi connectivity index (χ2n) is 12.4. The standard InChI is InChI=1S/C27H46O/c1-18(2)7-6-8-19(3)23-11-12-24-22-10-9-20-17-21(28)13-15-26(20,4)25(22)14-16-27(23,24)5/h18-20,22-25H,6-17H2,1-5H3/t19-,20+,22+,23-,24+,25-,26+,27-/m1/s1. The molecule has 0 heterocycles. The van der Waals surface area contributed by atoms with Crippen LogP contribution in [0, 0.1) is 52.3 Å². The average Bonchev–Trinajstić information content (AvgIpc) is 2.99. The van der Waals surface area contributed by atoms with Gasteiger partial charge in [0.05, 0.1) is 0 Å². The Morgan fingerprint density at radius 3 is 2.39 bits per heavy atom. The van der Waals surface area contributed by atoms with Crippen LogP contribution in [0.1, 0.15) is 112 Å². The molecule has 4 aliphatic rings. The minimum absolute atomic E-state index is 0.471. The molecule has 0 radical (unpaired) electrons. The van der Waals surface area contributed by atoms with Crippen molar-refractivity contribution in [1.29, 1.82) is 0 Å². The molecule has 4 aliphatic carbocycles. The van der Waals surface area contributed by atoms with Gasteiger partial charge in [0.1, 0.15) is 5.78 Å². The predicted molar refractivity (Wildman–Crippen MR) is 118 cm³/mol. The molecule has 0 aromatic carbocycles. The monoisotopic (exact) mass is 386 g/mol. The van der Waals surface area contributed by atoms with E-state index in [2.05, 4.69) is 34.6 Å². The van der Waals surface area contributed by atoms with Crippen LogP contribution in [0.25, 0.3) is 0 Å². The van der Waals surface area contributed by atoms with Crippen LogP contribution in [0.5, 0.6) is 0 Å². The van der Waals surface area contributed by atoms with E-state index >= 15 is 0 Å². The minimum Gasteiger partial charge on any atom is -0.300 e. The molecular weight excluding hydrogens is 340 g/mol. The summed E-state index contributed by atoms with van der Waals surface area (Å²) in [6.07, 6.45) is 15.9. The summed E-state index contributed by atoms with van der Waals surface area (Å²) in [4.78, 5) is 12.1. The molecule has 0 aliphatic heterocycles.